The predicted octanol–water partition coefficient (Wildman–Crippen LogP) is 2.61. The van der Waals surface area contributed by atoms with Crippen LogP contribution in [-0.2, 0) is 19.5 Å². The zero-order valence-electron chi connectivity index (χ0n) is 11.2. The molecule has 0 aromatic heterocycles. The van der Waals surface area contributed by atoms with Crippen molar-refractivity contribution in [2.45, 2.75) is 45.2 Å². The summed E-state index contributed by atoms with van der Waals surface area (Å²) in [7, 11) is 0. The third kappa shape index (κ3) is 3.12. The van der Waals surface area contributed by atoms with Crippen molar-refractivity contribution < 1.29 is 0 Å². The van der Waals surface area contributed by atoms with E-state index in [1.165, 1.54) is 49.8 Å². The van der Waals surface area contributed by atoms with Crippen LogP contribution in [0.5, 0.6) is 0 Å². The van der Waals surface area contributed by atoms with Crippen molar-refractivity contribution in [1.82, 2.24) is 10.6 Å². The molecule has 1 aromatic rings. The number of rotatable bonds is 6. The smallest absolute Gasteiger partial charge is 0.0208 e. The lowest BCUT2D eigenvalue weighted by molar-refractivity contribution is 0.586. The van der Waals surface area contributed by atoms with Gasteiger partial charge in [0.15, 0.2) is 0 Å². The lowest BCUT2D eigenvalue weighted by Crippen LogP contribution is -2.26. The van der Waals surface area contributed by atoms with Gasteiger partial charge in [0, 0.05) is 13.1 Å². The molecule has 0 bridgehead atoms. The van der Waals surface area contributed by atoms with E-state index in [0.717, 1.165) is 25.6 Å². The lowest BCUT2D eigenvalue weighted by atomic mass is 9.95. The van der Waals surface area contributed by atoms with Gasteiger partial charge in [-0.2, -0.15) is 0 Å². The van der Waals surface area contributed by atoms with Gasteiger partial charge in [-0.25, -0.2) is 0 Å². The number of nitrogens with one attached hydrogen (secondary N) is 2. The highest BCUT2D eigenvalue weighted by Crippen LogP contribution is 2.33. The van der Waals surface area contributed by atoms with Gasteiger partial charge in [0.05, 0.1) is 0 Å². The molecule has 1 fully saturated rings. The number of hydrogen-bond acceptors (Lipinski definition) is 2. The van der Waals surface area contributed by atoms with Gasteiger partial charge in [0.2, 0.25) is 0 Å². The second-order valence-corrected chi connectivity index (χ2v) is 5.74. The van der Waals surface area contributed by atoms with Crippen LogP contribution in [0.2, 0.25) is 0 Å². The first-order chi connectivity index (χ1) is 8.93. The predicted molar refractivity (Wildman–Crippen MR) is 75.5 cm³/mol. The van der Waals surface area contributed by atoms with Gasteiger partial charge in [-0.15, -0.1) is 0 Å². The van der Waals surface area contributed by atoms with E-state index in [9.17, 15) is 0 Å². The molecule has 2 nitrogen and oxygen atoms in total. The van der Waals surface area contributed by atoms with Gasteiger partial charge in [-0.05, 0) is 55.0 Å². The molecule has 1 aliphatic heterocycles. The third-order valence-corrected chi connectivity index (χ3v) is 4.22. The summed E-state index contributed by atoms with van der Waals surface area (Å²) in [6.45, 7) is 4.41. The van der Waals surface area contributed by atoms with Crippen LogP contribution in [0, 0.1) is 5.92 Å². The minimum atomic E-state index is 1.05. The Hall–Kier alpha value is -0.860. The molecule has 1 aromatic carbocycles. The van der Waals surface area contributed by atoms with E-state index < -0.39 is 0 Å². The number of hydrogen-bond donors (Lipinski definition) is 2. The Morgan fingerprint density at radius 2 is 2.22 bits per heavy atom. The average Bonchev–Trinajstić information content (AvgIpc) is 3.23. The highest BCUT2D eigenvalue weighted by atomic mass is 14.9. The van der Waals surface area contributed by atoms with Crippen LogP contribution in [0.4, 0.5) is 0 Å². The van der Waals surface area contributed by atoms with Crippen LogP contribution in [-0.4, -0.2) is 13.1 Å². The van der Waals surface area contributed by atoms with Crippen LogP contribution >= 0.6 is 0 Å². The highest BCUT2D eigenvalue weighted by molar-refractivity contribution is 5.36. The first-order valence-electron chi connectivity index (χ1n) is 7.44. The van der Waals surface area contributed by atoms with Crippen molar-refractivity contribution in [3.63, 3.8) is 0 Å². The van der Waals surface area contributed by atoms with E-state index in [-0.39, 0.29) is 0 Å². The highest BCUT2D eigenvalue weighted by Gasteiger charge is 2.19. The summed E-state index contributed by atoms with van der Waals surface area (Å²) in [6.07, 6.45) is 6.94. The maximum absolute atomic E-state index is 3.61. The SMILES string of the molecule is c1cc(CNCCCC2CC2)c2c(c1)CNCC2. The van der Waals surface area contributed by atoms with Crippen molar-refractivity contribution in [3.05, 3.63) is 34.9 Å². The molecule has 1 heterocycles. The monoisotopic (exact) mass is 244 g/mol. The molecule has 3 rings (SSSR count). The van der Waals surface area contributed by atoms with Crippen molar-refractivity contribution in [2.75, 3.05) is 13.1 Å². The molecule has 98 valence electrons. The van der Waals surface area contributed by atoms with E-state index in [2.05, 4.69) is 28.8 Å². The second-order valence-electron chi connectivity index (χ2n) is 5.74. The van der Waals surface area contributed by atoms with E-state index in [4.69, 9.17) is 0 Å². The van der Waals surface area contributed by atoms with E-state index in [1.54, 1.807) is 5.56 Å². The fraction of sp³-hybridized carbons (Fsp3) is 0.625. The molecule has 0 amide bonds. The molecule has 2 aliphatic rings. The third-order valence-electron chi connectivity index (χ3n) is 4.22. The molecule has 2 N–H and O–H groups in total. The summed E-state index contributed by atoms with van der Waals surface area (Å²) in [5.74, 6) is 1.07. The molecule has 0 radical (unpaired) electrons. The minimum absolute atomic E-state index is 1.05. The van der Waals surface area contributed by atoms with Crippen LogP contribution in [0.3, 0.4) is 0 Å². The van der Waals surface area contributed by atoms with Gasteiger partial charge >= 0.3 is 0 Å². The molecule has 0 spiro atoms. The molecule has 2 heteroatoms. The van der Waals surface area contributed by atoms with Gasteiger partial charge in [-0.1, -0.05) is 31.0 Å². The summed E-state index contributed by atoms with van der Waals surface area (Å²) in [5, 5.41) is 7.06. The number of benzene rings is 1. The summed E-state index contributed by atoms with van der Waals surface area (Å²) in [4.78, 5) is 0. The Kier molecular flexibility index (Phi) is 3.96. The Morgan fingerprint density at radius 3 is 3.11 bits per heavy atom. The maximum atomic E-state index is 3.61. The molecule has 0 unspecified atom stereocenters. The van der Waals surface area contributed by atoms with Crippen molar-refractivity contribution in [2.24, 2.45) is 5.92 Å². The van der Waals surface area contributed by atoms with Gasteiger partial charge in [0.25, 0.3) is 0 Å². The normalized spacial score (nSPS) is 18.7. The minimum Gasteiger partial charge on any atom is -0.313 e. The lowest BCUT2D eigenvalue weighted by Gasteiger charge is -2.20. The molecular formula is C16H24N2. The molecule has 18 heavy (non-hydrogen) atoms. The quantitative estimate of drug-likeness (QED) is 0.752. The van der Waals surface area contributed by atoms with Gasteiger partial charge < -0.3 is 10.6 Å². The van der Waals surface area contributed by atoms with Crippen LogP contribution in [0.15, 0.2) is 18.2 Å². The van der Waals surface area contributed by atoms with E-state index in [1.807, 2.05) is 0 Å². The molecule has 0 atom stereocenters. The summed E-state index contributed by atoms with van der Waals surface area (Å²) < 4.78 is 0. The maximum Gasteiger partial charge on any atom is 0.0208 e. The molecule has 0 saturated heterocycles. The standard InChI is InChI=1S/C16H24N2/c1-4-14(11-17-9-2-3-13-6-7-13)16-8-10-18-12-15(16)5-1/h1,4-5,13,17-18H,2-3,6-12H2. The van der Waals surface area contributed by atoms with Crippen LogP contribution in [0.1, 0.15) is 42.4 Å². The zero-order valence-corrected chi connectivity index (χ0v) is 11.2. The van der Waals surface area contributed by atoms with Crippen molar-refractivity contribution in [3.8, 4) is 0 Å². The summed E-state index contributed by atoms with van der Waals surface area (Å²) in [6, 6.07) is 6.75. The van der Waals surface area contributed by atoms with Crippen LogP contribution < -0.4 is 10.6 Å². The summed E-state index contributed by atoms with van der Waals surface area (Å²) >= 11 is 0. The molecule has 1 saturated carbocycles. The number of fused-ring (bicyclic) bond motifs is 1. The Morgan fingerprint density at radius 1 is 1.28 bits per heavy atom. The molecule has 1 aliphatic carbocycles. The second kappa shape index (κ2) is 5.85. The van der Waals surface area contributed by atoms with Crippen molar-refractivity contribution >= 4 is 0 Å². The largest absolute Gasteiger partial charge is 0.313 e. The van der Waals surface area contributed by atoms with E-state index >= 15 is 0 Å². The topological polar surface area (TPSA) is 24.1 Å². The Balaban J connectivity index is 1.48. The fourth-order valence-electron chi connectivity index (χ4n) is 2.92. The Bertz CT molecular complexity index is 396. The first-order valence-corrected chi connectivity index (χ1v) is 7.44. The van der Waals surface area contributed by atoms with E-state index in [0.29, 0.717) is 0 Å². The van der Waals surface area contributed by atoms with Gasteiger partial charge in [-0.3, -0.25) is 0 Å². The molecular weight excluding hydrogens is 220 g/mol. The van der Waals surface area contributed by atoms with Crippen molar-refractivity contribution in [1.29, 1.82) is 0 Å². The zero-order chi connectivity index (χ0) is 12.2. The average molecular weight is 244 g/mol. The Labute approximate surface area is 110 Å². The summed E-state index contributed by atoms with van der Waals surface area (Å²) in [5.41, 5.74) is 4.60. The first kappa shape index (κ1) is 12.2. The van der Waals surface area contributed by atoms with Crippen LogP contribution in [0.25, 0.3) is 0 Å². The fourth-order valence-corrected chi connectivity index (χ4v) is 2.92. The van der Waals surface area contributed by atoms with Gasteiger partial charge in [0.1, 0.15) is 0 Å².